The lowest BCUT2D eigenvalue weighted by Crippen LogP contribution is -2.30. The maximum absolute atomic E-state index is 12.8. The molecule has 3 rings (SSSR count). The number of pyridine rings is 1. The van der Waals surface area contributed by atoms with Crippen LogP contribution in [0.25, 0.3) is 0 Å². The van der Waals surface area contributed by atoms with Crippen LogP contribution in [0.2, 0.25) is 0 Å². The Morgan fingerprint density at radius 1 is 1.31 bits per heavy atom. The molecule has 0 spiro atoms. The third-order valence-corrected chi connectivity index (χ3v) is 5.29. The molecular weight excluding hydrogens is 330 g/mol. The zero-order chi connectivity index (χ0) is 18.7. The van der Waals surface area contributed by atoms with Crippen LogP contribution >= 0.6 is 0 Å². The van der Waals surface area contributed by atoms with E-state index >= 15 is 0 Å². The summed E-state index contributed by atoms with van der Waals surface area (Å²) in [6.07, 6.45) is 4.93. The monoisotopic (exact) mass is 359 g/mol. The van der Waals surface area contributed by atoms with Gasteiger partial charge in [0.2, 0.25) is 0 Å². The van der Waals surface area contributed by atoms with E-state index in [1.807, 2.05) is 20.8 Å². The minimum Gasteiger partial charge on any atom is -0.496 e. The van der Waals surface area contributed by atoms with Gasteiger partial charge in [-0.2, -0.15) is 5.10 Å². The number of aryl methyl sites for hydroxylation is 1. The molecule has 142 valence electrons. The van der Waals surface area contributed by atoms with E-state index in [1.54, 1.807) is 22.6 Å². The lowest BCUT2D eigenvalue weighted by molar-refractivity contribution is 0.362. The van der Waals surface area contributed by atoms with Crippen LogP contribution in [0.1, 0.15) is 42.4 Å². The number of methoxy groups -OCH3 is 1. The molecule has 0 bridgehead atoms. The summed E-state index contributed by atoms with van der Waals surface area (Å²) in [7, 11) is 1.66. The SMILES string of the molecule is CCn1c(CC2CCNCC2)nn(Cc2ncc(C)c(OC)c2C)c1=O. The fraction of sp³-hybridized carbons (Fsp3) is 0.632. The highest BCUT2D eigenvalue weighted by Gasteiger charge is 2.20. The van der Waals surface area contributed by atoms with E-state index in [2.05, 4.69) is 15.4 Å². The number of nitrogens with zero attached hydrogens (tertiary/aromatic N) is 4. The van der Waals surface area contributed by atoms with E-state index in [-0.39, 0.29) is 5.69 Å². The summed E-state index contributed by atoms with van der Waals surface area (Å²) in [5.41, 5.74) is 2.72. The summed E-state index contributed by atoms with van der Waals surface area (Å²) in [5, 5.41) is 8.04. The molecular formula is C19H29N5O2. The molecule has 0 saturated carbocycles. The lowest BCUT2D eigenvalue weighted by atomic mass is 9.94. The fourth-order valence-electron chi connectivity index (χ4n) is 3.77. The van der Waals surface area contributed by atoms with Gasteiger partial charge >= 0.3 is 5.69 Å². The molecule has 26 heavy (non-hydrogen) atoms. The van der Waals surface area contributed by atoms with Gasteiger partial charge in [-0.25, -0.2) is 9.48 Å². The van der Waals surface area contributed by atoms with Crippen LogP contribution in [0.15, 0.2) is 11.0 Å². The number of rotatable bonds is 6. The van der Waals surface area contributed by atoms with Gasteiger partial charge in [0.15, 0.2) is 0 Å². The first-order chi connectivity index (χ1) is 12.5. The van der Waals surface area contributed by atoms with Gasteiger partial charge in [-0.15, -0.1) is 0 Å². The van der Waals surface area contributed by atoms with Crippen molar-refractivity contribution in [3.63, 3.8) is 0 Å². The van der Waals surface area contributed by atoms with Crippen LogP contribution < -0.4 is 15.7 Å². The number of ether oxygens (including phenoxy) is 1. The van der Waals surface area contributed by atoms with Gasteiger partial charge in [-0.1, -0.05) is 0 Å². The Morgan fingerprint density at radius 3 is 2.69 bits per heavy atom. The van der Waals surface area contributed by atoms with Crippen LogP contribution in [0.5, 0.6) is 5.75 Å². The Hall–Kier alpha value is -2.15. The maximum Gasteiger partial charge on any atom is 0.346 e. The molecule has 7 nitrogen and oxygen atoms in total. The van der Waals surface area contributed by atoms with Crippen molar-refractivity contribution in [2.75, 3.05) is 20.2 Å². The zero-order valence-electron chi connectivity index (χ0n) is 16.2. The number of hydrogen-bond donors (Lipinski definition) is 1. The minimum absolute atomic E-state index is 0.0582. The highest BCUT2D eigenvalue weighted by Crippen LogP contribution is 2.24. The third-order valence-electron chi connectivity index (χ3n) is 5.29. The first-order valence-electron chi connectivity index (χ1n) is 9.41. The van der Waals surface area contributed by atoms with Crippen molar-refractivity contribution in [1.29, 1.82) is 0 Å². The Kier molecular flexibility index (Phi) is 5.76. The number of piperidine rings is 1. The second-order valence-corrected chi connectivity index (χ2v) is 7.04. The summed E-state index contributed by atoms with van der Waals surface area (Å²) in [5.74, 6) is 2.31. The molecule has 0 amide bonds. The second kappa shape index (κ2) is 8.03. The molecule has 0 radical (unpaired) electrons. The molecule has 2 aromatic heterocycles. The molecule has 1 fully saturated rings. The Balaban J connectivity index is 1.88. The fourth-order valence-corrected chi connectivity index (χ4v) is 3.77. The molecule has 0 atom stereocenters. The van der Waals surface area contributed by atoms with Gasteiger partial charge in [-0.3, -0.25) is 9.55 Å². The summed E-state index contributed by atoms with van der Waals surface area (Å²) >= 11 is 0. The Morgan fingerprint density at radius 2 is 2.04 bits per heavy atom. The molecule has 1 aliphatic rings. The first kappa shape index (κ1) is 18.6. The first-order valence-corrected chi connectivity index (χ1v) is 9.41. The van der Waals surface area contributed by atoms with Gasteiger partial charge in [0.1, 0.15) is 11.6 Å². The molecule has 2 aromatic rings. The van der Waals surface area contributed by atoms with Crippen molar-refractivity contribution in [2.24, 2.45) is 5.92 Å². The Bertz CT molecular complexity index is 818. The smallest absolute Gasteiger partial charge is 0.346 e. The molecule has 0 unspecified atom stereocenters. The van der Waals surface area contributed by atoms with Gasteiger partial charge < -0.3 is 10.1 Å². The van der Waals surface area contributed by atoms with Gasteiger partial charge in [0.25, 0.3) is 0 Å². The highest BCUT2D eigenvalue weighted by atomic mass is 16.5. The molecule has 1 N–H and O–H groups in total. The largest absolute Gasteiger partial charge is 0.496 e. The minimum atomic E-state index is -0.0582. The van der Waals surface area contributed by atoms with E-state index in [0.717, 1.165) is 60.7 Å². The lowest BCUT2D eigenvalue weighted by Gasteiger charge is -2.21. The van der Waals surface area contributed by atoms with Crippen molar-refractivity contribution < 1.29 is 4.74 Å². The van der Waals surface area contributed by atoms with Crippen molar-refractivity contribution in [1.82, 2.24) is 24.6 Å². The van der Waals surface area contributed by atoms with E-state index < -0.39 is 0 Å². The average molecular weight is 359 g/mol. The van der Waals surface area contributed by atoms with Gasteiger partial charge in [-0.05, 0) is 52.6 Å². The van der Waals surface area contributed by atoms with Gasteiger partial charge in [0, 0.05) is 30.3 Å². The van der Waals surface area contributed by atoms with E-state index in [0.29, 0.717) is 19.0 Å². The third kappa shape index (κ3) is 3.67. The molecule has 1 saturated heterocycles. The zero-order valence-corrected chi connectivity index (χ0v) is 16.2. The molecule has 7 heteroatoms. The van der Waals surface area contributed by atoms with Crippen LogP contribution in [-0.4, -0.2) is 39.5 Å². The topological polar surface area (TPSA) is 74.0 Å². The number of hydrogen-bond acceptors (Lipinski definition) is 5. The molecule has 0 aliphatic carbocycles. The summed E-state index contributed by atoms with van der Waals surface area (Å²) in [6, 6.07) is 0. The average Bonchev–Trinajstić information content (AvgIpc) is 2.93. The van der Waals surface area contributed by atoms with Crippen LogP contribution in [0.4, 0.5) is 0 Å². The summed E-state index contributed by atoms with van der Waals surface area (Å²) in [6.45, 7) is 9.06. The van der Waals surface area contributed by atoms with Gasteiger partial charge in [0.05, 0.1) is 19.3 Å². The van der Waals surface area contributed by atoms with Crippen molar-refractivity contribution in [2.45, 2.75) is 53.1 Å². The summed E-state index contributed by atoms with van der Waals surface area (Å²) < 4.78 is 8.82. The second-order valence-electron chi connectivity index (χ2n) is 7.04. The van der Waals surface area contributed by atoms with Crippen LogP contribution in [0.3, 0.4) is 0 Å². The van der Waals surface area contributed by atoms with E-state index in [1.165, 1.54) is 0 Å². The predicted molar refractivity (Wildman–Crippen MR) is 101 cm³/mol. The van der Waals surface area contributed by atoms with E-state index in [9.17, 15) is 4.79 Å². The normalized spacial score (nSPS) is 15.4. The maximum atomic E-state index is 12.8. The number of aromatic nitrogens is 4. The van der Waals surface area contributed by atoms with Crippen LogP contribution in [0, 0.1) is 19.8 Å². The van der Waals surface area contributed by atoms with Crippen molar-refractivity contribution >= 4 is 0 Å². The van der Waals surface area contributed by atoms with Crippen molar-refractivity contribution in [3.8, 4) is 5.75 Å². The quantitative estimate of drug-likeness (QED) is 0.849. The molecule has 1 aliphatic heterocycles. The highest BCUT2D eigenvalue weighted by molar-refractivity contribution is 5.41. The number of nitrogens with one attached hydrogen (secondary N) is 1. The van der Waals surface area contributed by atoms with E-state index in [4.69, 9.17) is 4.74 Å². The molecule has 0 aromatic carbocycles. The molecule has 3 heterocycles. The standard InChI is InChI=1S/C19H29N5O2/c1-5-23-17(10-15-6-8-20-9-7-15)22-24(19(23)25)12-16-14(3)18(26-4)13(2)11-21-16/h11,15,20H,5-10,12H2,1-4H3. The Labute approximate surface area is 154 Å². The van der Waals surface area contributed by atoms with Crippen molar-refractivity contribution in [3.05, 3.63) is 39.3 Å². The summed E-state index contributed by atoms with van der Waals surface area (Å²) in [4.78, 5) is 17.3. The predicted octanol–water partition coefficient (Wildman–Crippen LogP) is 1.68. The van der Waals surface area contributed by atoms with Crippen LogP contribution in [-0.2, 0) is 19.5 Å².